The van der Waals surface area contributed by atoms with Crippen molar-refractivity contribution < 1.29 is 0 Å². The van der Waals surface area contributed by atoms with Crippen molar-refractivity contribution in [3.63, 3.8) is 0 Å². The van der Waals surface area contributed by atoms with Crippen molar-refractivity contribution >= 4 is 23.5 Å². The Labute approximate surface area is 107 Å². The summed E-state index contributed by atoms with van der Waals surface area (Å²) in [5.74, 6) is 0. The fourth-order valence-corrected chi connectivity index (χ4v) is 3.25. The van der Waals surface area contributed by atoms with E-state index in [0.717, 1.165) is 6.54 Å². The van der Waals surface area contributed by atoms with Gasteiger partial charge in [-0.15, -0.1) is 0 Å². The predicted molar refractivity (Wildman–Crippen MR) is 75.7 cm³/mol. The molecule has 2 heterocycles. The Bertz CT molecular complexity index is 524. The molecule has 3 rings (SSSR count). The second-order valence-corrected chi connectivity index (χ2v) is 5.97. The SMILES string of the molecule is CC(S)(c1c[nH]c2ccccc12)C1CCCN1. The van der Waals surface area contributed by atoms with Gasteiger partial charge in [-0.2, -0.15) is 12.6 Å². The molecule has 1 saturated heterocycles. The lowest BCUT2D eigenvalue weighted by molar-refractivity contribution is 0.483. The fourth-order valence-electron chi connectivity index (χ4n) is 2.84. The van der Waals surface area contributed by atoms with Crippen LogP contribution >= 0.6 is 12.6 Å². The lowest BCUT2D eigenvalue weighted by Crippen LogP contribution is -2.38. The Balaban J connectivity index is 2.07. The average molecular weight is 246 g/mol. The highest BCUT2D eigenvalue weighted by Crippen LogP contribution is 2.39. The van der Waals surface area contributed by atoms with Crippen molar-refractivity contribution in [2.24, 2.45) is 0 Å². The molecule has 0 aliphatic carbocycles. The first kappa shape index (κ1) is 11.2. The normalized spacial score (nSPS) is 24.0. The zero-order valence-electron chi connectivity index (χ0n) is 10.0. The van der Waals surface area contributed by atoms with Crippen LogP contribution in [0.2, 0.25) is 0 Å². The Morgan fingerprint density at radius 1 is 1.35 bits per heavy atom. The molecule has 17 heavy (non-hydrogen) atoms. The molecule has 2 aromatic rings. The molecular formula is C14H18N2S. The van der Waals surface area contributed by atoms with Gasteiger partial charge in [0.15, 0.2) is 0 Å². The van der Waals surface area contributed by atoms with Crippen molar-refractivity contribution in [3.8, 4) is 0 Å². The fraction of sp³-hybridized carbons (Fsp3) is 0.429. The number of H-pyrrole nitrogens is 1. The van der Waals surface area contributed by atoms with Crippen LogP contribution in [0.3, 0.4) is 0 Å². The summed E-state index contributed by atoms with van der Waals surface area (Å²) in [4.78, 5) is 3.34. The number of hydrogen-bond acceptors (Lipinski definition) is 2. The van der Waals surface area contributed by atoms with Crippen LogP contribution in [0, 0.1) is 0 Å². The first-order valence-corrected chi connectivity index (χ1v) is 6.66. The molecule has 1 fully saturated rings. The van der Waals surface area contributed by atoms with Gasteiger partial charge in [0.2, 0.25) is 0 Å². The van der Waals surface area contributed by atoms with Crippen molar-refractivity contribution in [2.75, 3.05) is 6.54 Å². The van der Waals surface area contributed by atoms with Gasteiger partial charge >= 0.3 is 0 Å². The molecule has 1 aliphatic rings. The van der Waals surface area contributed by atoms with Gasteiger partial charge in [-0.1, -0.05) is 18.2 Å². The van der Waals surface area contributed by atoms with Gasteiger partial charge in [0, 0.05) is 23.1 Å². The van der Waals surface area contributed by atoms with Crippen LogP contribution < -0.4 is 5.32 Å². The van der Waals surface area contributed by atoms with E-state index in [1.807, 2.05) is 0 Å². The van der Waals surface area contributed by atoms with Crippen LogP contribution in [0.15, 0.2) is 30.5 Å². The molecule has 1 aliphatic heterocycles. The number of hydrogen-bond donors (Lipinski definition) is 3. The summed E-state index contributed by atoms with van der Waals surface area (Å²) in [5.41, 5.74) is 2.50. The summed E-state index contributed by atoms with van der Waals surface area (Å²) in [6.45, 7) is 3.33. The van der Waals surface area contributed by atoms with E-state index >= 15 is 0 Å². The Morgan fingerprint density at radius 3 is 2.94 bits per heavy atom. The summed E-state index contributed by atoms with van der Waals surface area (Å²) in [6, 6.07) is 8.90. The minimum atomic E-state index is -0.115. The minimum Gasteiger partial charge on any atom is -0.361 e. The van der Waals surface area contributed by atoms with E-state index in [0.29, 0.717) is 6.04 Å². The number of para-hydroxylation sites is 1. The van der Waals surface area contributed by atoms with Crippen molar-refractivity contribution in [2.45, 2.75) is 30.6 Å². The summed E-state index contributed by atoms with van der Waals surface area (Å²) in [7, 11) is 0. The number of aromatic amines is 1. The molecule has 1 aromatic carbocycles. The van der Waals surface area contributed by atoms with Gasteiger partial charge in [0.05, 0.1) is 4.75 Å². The highest BCUT2D eigenvalue weighted by Gasteiger charge is 2.35. The molecule has 0 bridgehead atoms. The standard InChI is InChI=1S/C14H18N2S/c1-14(17,13-7-4-8-15-13)11-9-16-12-6-3-2-5-10(11)12/h2-3,5-6,9,13,15-17H,4,7-8H2,1H3. The first-order valence-electron chi connectivity index (χ1n) is 6.22. The number of rotatable bonds is 2. The van der Waals surface area contributed by atoms with Gasteiger partial charge in [0.25, 0.3) is 0 Å². The van der Waals surface area contributed by atoms with E-state index in [-0.39, 0.29) is 4.75 Å². The molecule has 2 atom stereocenters. The molecule has 1 aromatic heterocycles. The maximum Gasteiger partial charge on any atom is 0.0523 e. The number of aromatic nitrogens is 1. The summed E-state index contributed by atoms with van der Waals surface area (Å²) < 4.78 is -0.115. The van der Waals surface area contributed by atoms with E-state index in [2.05, 4.69) is 47.7 Å². The molecule has 0 radical (unpaired) electrons. The summed E-state index contributed by atoms with van der Waals surface area (Å²) in [6.07, 6.45) is 4.57. The third kappa shape index (κ3) is 1.78. The lowest BCUT2D eigenvalue weighted by Gasteiger charge is -2.30. The zero-order chi connectivity index (χ0) is 11.9. The van der Waals surface area contributed by atoms with E-state index in [1.165, 1.54) is 29.3 Å². The van der Waals surface area contributed by atoms with Crippen molar-refractivity contribution in [3.05, 3.63) is 36.0 Å². The molecule has 2 unspecified atom stereocenters. The average Bonchev–Trinajstić information content (AvgIpc) is 2.99. The third-order valence-electron chi connectivity index (χ3n) is 3.87. The van der Waals surface area contributed by atoms with Crippen LogP contribution in [-0.2, 0) is 4.75 Å². The van der Waals surface area contributed by atoms with Crippen LogP contribution in [-0.4, -0.2) is 17.6 Å². The molecule has 90 valence electrons. The molecule has 0 saturated carbocycles. The Morgan fingerprint density at radius 2 is 2.18 bits per heavy atom. The van der Waals surface area contributed by atoms with Gasteiger partial charge in [-0.3, -0.25) is 0 Å². The highest BCUT2D eigenvalue weighted by molar-refractivity contribution is 7.81. The van der Waals surface area contributed by atoms with Gasteiger partial charge in [-0.25, -0.2) is 0 Å². The molecule has 2 nitrogen and oxygen atoms in total. The van der Waals surface area contributed by atoms with Crippen LogP contribution in [0.25, 0.3) is 10.9 Å². The van der Waals surface area contributed by atoms with Gasteiger partial charge in [0.1, 0.15) is 0 Å². The number of fused-ring (bicyclic) bond motifs is 1. The quantitative estimate of drug-likeness (QED) is 0.698. The maximum atomic E-state index is 4.93. The van der Waals surface area contributed by atoms with E-state index in [1.54, 1.807) is 0 Å². The molecule has 3 heteroatoms. The highest BCUT2D eigenvalue weighted by atomic mass is 32.1. The number of benzene rings is 1. The van der Waals surface area contributed by atoms with Crippen LogP contribution in [0.1, 0.15) is 25.3 Å². The molecular weight excluding hydrogens is 228 g/mol. The second kappa shape index (κ2) is 4.07. The van der Waals surface area contributed by atoms with Crippen molar-refractivity contribution in [1.82, 2.24) is 10.3 Å². The van der Waals surface area contributed by atoms with Gasteiger partial charge in [-0.05, 0) is 37.9 Å². The molecule has 0 spiro atoms. The third-order valence-corrected chi connectivity index (χ3v) is 4.43. The smallest absolute Gasteiger partial charge is 0.0523 e. The van der Waals surface area contributed by atoms with E-state index in [9.17, 15) is 0 Å². The van der Waals surface area contributed by atoms with Gasteiger partial charge < -0.3 is 10.3 Å². The zero-order valence-corrected chi connectivity index (χ0v) is 10.9. The van der Waals surface area contributed by atoms with Crippen LogP contribution in [0.5, 0.6) is 0 Å². The molecule has 0 amide bonds. The Hall–Kier alpha value is -0.930. The van der Waals surface area contributed by atoms with Crippen molar-refractivity contribution in [1.29, 1.82) is 0 Å². The Kier molecular flexibility index (Phi) is 2.68. The van der Waals surface area contributed by atoms with E-state index in [4.69, 9.17) is 12.6 Å². The summed E-state index contributed by atoms with van der Waals surface area (Å²) >= 11 is 4.93. The first-order chi connectivity index (χ1) is 8.19. The van der Waals surface area contributed by atoms with E-state index < -0.39 is 0 Å². The second-order valence-electron chi connectivity index (χ2n) is 5.04. The lowest BCUT2D eigenvalue weighted by atomic mass is 9.91. The minimum absolute atomic E-state index is 0.115. The maximum absolute atomic E-state index is 4.93. The van der Waals surface area contributed by atoms with Crippen LogP contribution in [0.4, 0.5) is 0 Å². The number of nitrogens with one attached hydrogen (secondary N) is 2. The predicted octanol–water partition coefficient (Wildman–Crippen LogP) is 3.06. The molecule has 2 N–H and O–H groups in total. The largest absolute Gasteiger partial charge is 0.361 e. The summed E-state index contributed by atoms with van der Waals surface area (Å²) in [5, 5.41) is 4.85. The monoisotopic (exact) mass is 246 g/mol. The number of thiol groups is 1. The topological polar surface area (TPSA) is 27.8 Å².